The molecule has 0 saturated heterocycles. The van der Waals surface area contributed by atoms with Crippen LogP contribution in [0.2, 0.25) is 5.02 Å². The number of rotatable bonds is 1. The number of hydrogen-bond donors (Lipinski definition) is 1. The molecule has 5 heteroatoms. The van der Waals surface area contributed by atoms with Crippen LogP contribution in [0.15, 0.2) is 6.07 Å². The van der Waals surface area contributed by atoms with Gasteiger partial charge in [-0.25, -0.2) is 13.6 Å². The molecule has 1 N–H and O–H groups in total. The molecule has 13 heavy (non-hydrogen) atoms. The standard InChI is InChI=1S/C8H5ClF2O2/c1-3-6(10)4(8(12)13)2-5(9)7(3)11/h2H,1H3,(H,12,13). The second-order valence-electron chi connectivity index (χ2n) is 2.46. The van der Waals surface area contributed by atoms with Crippen molar-refractivity contribution in [1.82, 2.24) is 0 Å². The summed E-state index contributed by atoms with van der Waals surface area (Å²) < 4.78 is 25.9. The highest BCUT2D eigenvalue weighted by Crippen LogP contribution is 2.23. The molecule has 0 fully saturated rings. The van der Waals surface area contributed by atoms with Crippen LogP contribution in [0.1, 0.15) is 15.9 Å². The maximum Gasteiger partial charge on any atom is 0.338 e. The van der Waals surface area contributed by atoms with Crippen LogP contribution in [-0.2, 0) is 0 Å². The van der Waals surface area contributed by atoms with Crippen LogP contribution < -0.4 is 0 Å². The molecule has 0 radical (unpaired) electrons. The van der Waals surface area contributed by atoms with Gasteiger partial charge in [-0.15, -0.1) is 0 Å². The van der Waals surface area contributed by atoms with Gasteiger partial charge in [0.2, 0.25) is 0 Å². The first-order chi connectivity index (χ1) is 5.95. The van der Waals surface area contributed by atoms with E-state index in [0.717, 1.165) is 13.0 Å². The number of carbonyl (C=O) groups is 1. The smallest absolute Gasteiger partial charge is 0.338 e. The molecule has 0 unspecified atom stereocenters. The molecule has 70 valence electrons. The van der Waals surface area contributed by atoms with Crippen molar-refractivity contribution >= 4 is 17.6 Å². The second kappa shape index (κ2) is 3.30. The van der Waals surface area contributed by atoms with Crippen molar-refractivity contribution in [2.45, 2.75) is 6.92 Å². The van der Waals surface area contributed by atoms with Crippen LogP contribution in [0.3, 0.4) is 0 Å². The predicted octanol–water partition coefficient (Wildman–Crippen LogP) is 2.62. The van der Waals surface area contributed by atoms with E-state index in [2.05, 4.69) is 0 Å². The summed E-state index contributed by atoms with van der Waals surface area (Å²) in [6, 6.07) is 0.752. The average Bonchev–Trinajstić information content (AvgIpc) is 2.07. The Labute approximate surface area is 77.8 Å². The topological polar surface area (TPSA) is 37.3 Å². The first-order valence-electron chi connectivity index (χ1n) is 3.32. The quantitative estimate of drug-likeness (QED) is 0.718. The highest BCUT2D eigenvalue weighted by Gasteiger charge is 2.18. The minimum absolute atomic E-state index is 0.384. The van der Waals surface area contributed by atoms with E-state index in [-0.39, 0.29) is 5.56 Å². The maximum absolute atomic E-state index is 13.0. The molecule has 0 bridgehead atoms. The van der Waals surface area contributed by atoms with Gasteiger partial charge in [0, 0.05) is 5.56 Å². The summed E-state index contributed by atoms with van der Waals surface area (Å²) in [7, 11) is 0. The molecule has 0 heterocycles. The van der Waals surface area contributed by atoms with Gasteiger partial charge < -0.3 is 5.11 Å². The molecular formula is C8H5ClF2O2. The summed E-state index contributed by atoms with van der Waals surface area (Å²) in [5.41, 5.74) is -1.01. The fraction of sp³-hybridized carbons (Fsp3) is 0.125. The first-order valence-corrected chi connectivity index (χ1v) is 3.70. The lowest BCUT2D eigenvalue weighted by atomic mass is 10.1. The molecule has 1 aromatic carbocycles. The van der Waals surface area contributed by atoms with Crippen molar-refractivity contribution in [3.8, 4) is 0 Å². The Kier molecular flexibility index (Phi) is 2.52. The van der Waals surface area contributed by atoms with E-state index < -0.39 is 28.2 Å². The molecular weight excluding hydrogens is 202 g/mol. The molecule has 1 aromatic rings. The number of carboxylic acids is 1. The summed E-state index contributed by atoms with van der Waals surface area (Å²) >= 11 is 5.33. The molecule has 0 aliphatic heterocycles. The number of halogens is 3. The van der Waals surface area contributed by atoms with Gasteiger partial charge in [0.05, 0.1) is 10.6 Å². The fourth-order valence-electron chi connectivity index (χ4n) is 0.887. The third kappa shape index (κ3) is 1.62. The number of carboxylic acid groups (broad SMARTS) is 1. The minimum atomic E-state index is -1.47. The maximum atomic E-state index is 13.0. The lowest BCUT2D eigenvalue weighted by Crippen LogP contribution is -2.04. The zero-order valence-corrected chi connectivity index (χ0v) is 7.32. The normalized spacial score (nSPS) is 10.2. The Morgan fingerprint density at radius 1 is 1.46 bits per heavy atom. The SMILES string of the molecule is Cc1c(F)c(Cl)cc(C(=O)O)c1F. The summed E-state index contributed by atoms with van der Waals surface area (Å²) in [6.45, 7) is 1.13. The summed E-state index contributed by atoms with van der Waals surface area (Å²) in [5.74, 6) is -3.49. The van der Waals surface area contributed by atoms with E-state index in [1.807, 2.05) is 0 Å². The molecule has 0 spiro atoms. The van der Waals surface area contributed by atoms with Crippen molar-refractivity contribution in [3.05, 3.63) is 33.9 Å². The number of benzene rings is 1. The minimum Gasteiger partial charge on any atom is -0.478 e. The Morgan fingerprint density at radius 3 is 2.46 bits per heavy atom. The van der Waals surface area contributed by atoms with Gasteiger partial charge in [-0.2, -0.15) is 0 Å². The molecule has 0 aromatic heterocycles. The Bertz CT molecular complexity index is 377. The molecule has 0 aliphatic carbocycles. The van der Waals surface area contributed by atoms with Crippen LogP contribution in [0.5, 0.6) is 0 Å². The van der Waals surface area contributed by atoms with Crippen molar-refractivity contribution < 1.29 is 18.7 Å². The molecule has 0 atom stereocenters. The highest BCUT2D eigenvalue weighted by atomic mass is 35.5. The van der Waals surface area contributed by atoms with Gasteiger partial charge in [-0.1, -0.05) is 11.6 Å². The predicted molar refractivity (Wildman–Crippen MR) is 43.1 cm³/mol. The number of hydrogen-bond acceptors (Lipinski definition) is 1. The third-order valence-corrected chi connectivity index (χ3v) is 1.88. The van der Waals surface area contributed by atoms with Gasteiger partial charge in [-0.05, 0) is 13.0 Å². The molecule has 2 nitrogen and oxygen atoms in total. The molecule has 0 amide bonds. The van der Waals surface area contributed by atoms with Gasteiger partial charge in [0.25, 0.3) is 0 Å². The third-order valence-electron chi connectivity index (χ3n) is 1.61. The highest BCUT2D eigenvalue weighted by molar-refractivity contribution is 6.31. The monoisotopic (exact) mass is 206 g/mol. The van der Waals surface area contributed by atoms with Gasteiger partial charge in [-0.3, -0.25) is 0 Å². The van der Waals surface area contributed by atoms with Gasteiger partial charge >= 0.3 is 5.97 Å². The summed E-state index contributed by atoms with van der Waals surface area (Å²) in [5, 5.41) is 8.09. The van der Waals surface area contributed by atoms with E-state index in [4.69, 9.17) is 16.7 Å². The Morgan fingerprint density at radius 2 is 2.00 bits per heavy atom. The zero-order chi connectivity index (χ0) is 10.2. The first kappa shape index (κ1) is 9.92. The summed E-state index contributed by atoms with van der Waals surface area (Å²) in [4.78, 5) is 10.4. The average molecular weight is 207 g/mol. The van der Waals surface area contributed by atoms with E-state index in [1.54, 1.807) is 0 Å². The fourth-order valence-corrected chi connectivity index (χ4v) is 1.14. The van der Waals surface area contributed by atoms with Crippen molar-refractivity contribution in [2.75, 3.05) is 0 Å². The summed E-state index contributed by atoms with van der Waals surface area (Å²) in [6.07, 6.45) is 0. The van der Waals surface area contributed by atoms with Gasteiger partial charge in [0.15, 0.2) is 0 Å². The van der Waals surface area contributed by atoms with E-state index in [0.29, 0.717) is 0 Å². The van der Waals surface area contributed by atoms with Crippen LogP contribution in [0, 0.1) is 18.6 Å². The Hall–Kier alpha value is -1.16. The number of aromatic carboxylic acids is 1. The van der Waals surface area contributed by atoms with Crippen molar-refractivity contribution in [1.29, 1.82) is 0 Å². The largest absolute Gasteiger partial charge is 0.478 e. The molecule has 1 rings (SSSR count). The van der Waals surface area contributed by atoms with Crippen molar-refractivity contribution in [2.24, 2.45) is 0 Å². The van der Waals surface area contributed by atoms with Crippen LogP contribution in [0.4, 0.5) is 8.78 Å². The van der Waals surface area contributed by atoms with E-state index in [1.165, 1.54) is 0 Å². The van der Waals surface area contributed by atoms with Crippen LogP contribution in [-0.4, -0.2) is 11.1 Å². The zero-order valence-electron chi connectivity index (χ0n) is 6.57. The van der Waals surface area contributed by atoms with E-state index in [9.17, 15) is 13.6 Å². The van der Waals surface area contributed by atoms with Gasteiger partial charge in [0.1, 0.15) is 11.6 Å². The van der Waals surface area contributed by atoms with Crippen LogP contribution in [0.25, 0.3) is 0 Å². The molecule has 0 saturated carbocycles. The Balaban J connectivity index is 3.50. The lowest BCUT2D eigenvalue weighted by molar-refractivity contribution is 0.0691. The lowest BCUT2D eigenvalue weighted by Gasteiger charge is -2.03. The van der Waals surface area contributed by atoms with E-state index >= 15 is 0 Å². The molecule has 0 aliphatic rings. The second-order valence-corrected chi connectivity index (χ2v) is 2.87. The van der Waals surface area contributed by atoms with Crippen LogP contribution >= 0.6 is 11.6 Å². The van der Waals surface area contributed by atoms with Crippen molar-refractivity contribution in [3.63, 3.8) is 0 Å².